The Balaban J connectivity index is 1.35. The third-order valence-electron chi connectivity index (χ3n) is 6.01. The maximum atomic E-state index is 12.8. The fourth-order valence-electron chi connectivity index (χ4n) is 4.16. The van der Waals surface area contributed by atoms with Crippen LogP contribution in [-0.2, 0) is 24.8 Å². The summed E-state index contributed by atoms with van der Waals surface area (Å²) in [4.78, 5) is 13.9. The highest BCUT2D eigenvalue weighted by molar-refractivity contribution is 7.89. The number of carbonyl (C=O) groups is 1. The molecule has 10 nitrogen and oxygen atoms in total. The third-order valence-corrected chi connectivity index (χ3v) is 9.39. The normalized spacial score (nSPS) is 17.2. The predicted octanol–water partition coefficient (Wildman–Crippen LogP) is 1.96. The molecule has 2 aliphatic heterocycles. The summed E-state index contributed by atoms with van der Waals surface area (Å²) in [5.74, 6) is 0.792. The number of anilines is 1. The molecule has 190 valence electrons. The maximum Gasteiger partial charge on any atom is 0.243 e. The van der Waals surface area contributed by atoms with Gasteiger partial charge in [-0.05, 0) is 61.7 Å². The first kappa shape index (κ1) is 25.4. The Morgan fingerprint density at radius 3 is 2.23 bits per heavy atom. The lowest BCUT2D eigenvalue weighted by atomic mass is 10.2. The van der Waals surface area contributed by atoms with Crippen LogP contribution in [0.15, 0.2) is 52.3 Å². The molecule has 1 amide bonds. The molecule has 2 aromatic rings. The zero-order chi connectivity index (χ0) is 25.1. The topological polar surface area (TPSA) is 122 Å². The van der Waals surface area contributed by atoms with Crippen molar-refractivity contribution in [3.63, 3.8) is 0 Å². The molecule has 2 saturated heterocycles. The summed E-state index contributed by atoms with van der Waals surface area (Å²) in [5, 5.41) is 0. The molecule has 0 aliphatic carbocycles. The van der Waals surface area contributed by atoms with Crippen LogP contribution >= 0.6 is 0 Å². The second-order valence-electron chi connectivity index (χ2n) is 8.31. The van der Waals surface area contributed by atoms with Gasteiger partial charge in [-0.1, -0.05) is 0 Å². The Labute approximate surface area is 205 Å². The van der Waals surface area contributed by atoms with Crippen LogP contribution < -0.4 is 19.1 Å². The van der Waals surface area contributed by atoms with Crippen molar-refractivity contribution in [3.8, 4) is 11.5 Å². The fourth-order valence-corrected chi connectivity index (χ4v) is 6.71. The molecule has 35 heavy (non-hydrogen) atoms. The number of nitrogens with zero attached hydrogens (tertiary/aromatic N) is 2. The van der Waals surface area contributed by atoms with E-state index in [-0.39, 0.29) is 28.8 Å². The number of benzene rings is 2. The van der Waals surface area contributed by atoms with Gasteiger partial charge in [-0.3, -0.25) is 4.79 Å². The molecule has 0 atom stereocenters. The molecule has 2 aromatic carbocycles. The van der Waals surface area contributed by atoms with E-state index in [4.69, 9.17) is 9.47 Å². The van der Waals surface area contributed by atoms with Gasteiger partial charge < -0.3 is 14.4 Å². The smallest absolute Gasteiger partial charge is 0.243 e. The number of nitrogens with one attached hydrogen (secondary N) is 1. The van der Waals surface area contributed by atoms with Gasteiger partial charge in [-0.25, -0.2) is 21.6 Å². The number of hydrogen-bond acceptors (Lipinski definition) is 7. The maximum absolute atomic E-state index is 12.8. The van der Waals surface area contributed by atoms with E-state index in [0.29, 0.717) is 49.7 Å². The molecule has 0 spiro atoms. The Morgan fingerprint density at radius 2 is 1.60 bits per heavy atom. The first-order valence-corrected chi connectivity index (χ1v) is 14.4. The van der Waals surface area contributed by atoms with Gasteiger partial charge in [-0.15, -0.1) is 0 Å². The van der Waals surface area contributed by atoms with Crippen LogP contribution in [0.3, 0.4) is 0 Å². The van der Waals surface area contributed by atoms with Crippen molar-refractivity contribution in [2.45, 2.75) is 35.5 Å². The molecular weight excluding hydrogens is 494 g/mol. The predicted molar refractivity (Wildman–Crippen MR) is 130 cm³/mol. The summed E-state index contributed by atoms with van der Waals surface area (Å²) >= 11 is 0. The van der Waals surface area contributed by atoms with Crippen molar-refractivity contribution in [3.05, 3.63) is 42.5 Å². The molecule has 0 bridgehead atoms. The summed E-state index contributed by atoms with van der Waals surface area (Å²) in [6.07, 6.45) is 2.86. The first-order valence-electron chi connectivity index (χ1n) is 11.4. The number of rotatable bonds is 10. The molecule has 1 N–H and O–H groups in total. The van der Waals surface area contributed by atoms with Crippen LogP contribution in [-0.4, -0.2) is 66.9 Å². The molecule has 0 radical (unpaired) electrons. The standard InChI is InChI=1S/C23H29N3O7S2/c1-32-22-11-10-20(17-21(22)26-15-4-5-23(26)27)34(28,29)24-12-16-33-18-6-8-19(9-7-18)35(30,31)25-13-2-3-14-25/h6-11,17,24H,2-5,12-16H2,1H3. The Bertz CT molecular complexity index is 1270. The molecule has 12 heteroatoms. The van der Waals surface area contributed by atoms with Crippen molar-refractivity contribution in [1.82, 2.24) is 9.03 Å². The average Bonchev–Trinajstić information content (AvgIpc) is 3.54. The molecule has 4 rings (SSSR count). The minimum Gasteiger partial charge on any atom is -0.495 e. The van der Waals surface area contributed by atoms with Crippen molar-refractivity contribution < 1.29 is 31.1 Å². The Kier molecular flexibility index (Phi) is 7.64. The largest absolute Gasteiger partial charge is 0.495 e. The van der Waals surface area contributed by atoms with Crippen LogP contribution in [0.1, 0.15) is 25.7 Å². The van der Waals surface area contributed by atoms with E-state index in [1.807, 2.05) is 0 Å². The van der Waals surface area contributed by atoms with E-state index in [1.54, 1.807) is 12.1 Å². The molecule has 2 heterocycles. The lowest BCUT2D eigenvalue weighted by molar-refractivity contribution is -0.117. The average molecular weight is 524 g/mol. The van der Waals surface area contributed by atoms with Gasteiger partial charge in [0.1, 0.15) is 18.1 Å². The van der Waals surface area contributed by atoms with Crippen LogP contribution in [0.25, 0.3) is 0 Å². The third kappa shape index (κ3) is 5.61. The fraction of sp³-hybridized carbons (Fsp3) is 0.435. The van der Waals surface area contributed by atoms with Gasteiger partial charge in [0.2, 0.25) is 26.0 Å². The van der Waals surface area contributed by atoms with Crippen molar-refractivity contribution in [2.24, 2.45) is 0 Å². The summed E-state index contributed by atoms with van der Waals surface area (Å²) < 4.78 is 65.6. The van der Waals surface area contributed by atoms with Crippen molar-refractivity contribution >= 4 is 31.6 Å². The van der Waals surface area contributed by atoms with Crippen LogP contribution in [0.2, 0.25) is 0 Å². The van der Waals surface area contributed by atoms with Crippen LogP contribution in [0.5, 0.6) is 11.5 Å². The Morgan fingerprint density at radius 1 is 0.914 bits per heavy atom. The van der Waals surface area contributed by atoms with Gasteiger partial charge in [0.15, 0.2) is 0 Å². The molecule has 0 aromatic heterocycles. The highest BCUT2D eigenvalue weighted by atomic mass is 32.2. The van der Waals surface area contributed by atoms with E-state index in [1.165, 1.54) is 46.6 Å². The number of carbonyl (C=O) groups excluding carboxylic acids is 1. The highest BCUT2D eigenvalue weighted by Crippen LogP contribution is 2.33. The van der Waals surface area contributed by atoms with E-state index in [0.717, 1.165) is 12.8 Å². The monoisotopic (exact) mass is 523 g/mol. The number of methoxy groups -OCH3 is 1. The van der Waals surface area contributed by atoms with E-state index >= 15 is 0 Å². The number of amides is 1. The second kappa shape index (κ2) is 10.5. The van der Waals surface area contributed by atoms with Crippen LogP contribution in [0, 0.1) is 0 Å². The molecule has 2 aliphatic rings. The van der Waals surface area contributed by atoms with Crippen molar-refractivity contribution in [1.29, 1.82) is 0 Å². The summed E-state index contributed by atoms with van der Waals surface area (Å²) in [5.41, 5.74) is 0.429. The minimum atomic E-state index is -3.85. The van der Waals surface area contributed by atoms with E-state index < -0.39 is 20.0 Å². The number of hydrogen-bond donors (Lipinski definition) is 1. The van der Waals surface area contributed by atoms with Gasteiger partial charge in [-0.2, -0.15) is 4.31 Å². The first-order chi connectivity index (χ1) is 16.7. The van der Waals surface area contributed by atoms with E-state index in [2.05, 4.69) is 4.72 Å². The highest BCUT2D eigenvalue weighted by Gasteiger charge is 2.28. The van der Waals surface area contributed by atoms with Gasteiger partial charge in [0, 0.05) is 32.6 Å². The summed E-state index contributed by atoms with van der Waals surface area (Å²) in [6.45, 7) is 1.62. The SMILES string of the molecule is COc1ccc(S(=O)(=O)NCCOc2ccc(S(=O)(=O)N3CCCC3)cc2)cc1N1CCCC1=O. The molecular formula is C23H29N3O7S2. The molecule has 0 unspecified atom stereocenters. The minimum absolute atomic E-state index is 0.000167. The summed E-state index contributed by atoms with van der Waals surface area (Å²) in [6, 6.07) is 10.5. The van der Waals surface area contributed by atoms with Gasteiger partial charge in [0.25, 0.3) is 0 Å². The van der Waals surface area contributed by atoms with E-state index in [9.17, 15) is 21.6 Å². The second-order valence-corrected chi connectivity index (χ2v) is 12.0. The zero-order valence-electron chi connectivity index (χ0n) is 19.5. The number of sulfonamides is 2. The summed E-state index contributed by atoms with van der Waals surface area (Å²) in [7, 11) is -5.88. The van der Waals surface area contributed by atoms with Gasteiger partial charge in [0.05, 0.1) is 22.6 Å². The lowest BCUT2D eigenvalue weighted by Gasteiger charge is -2.20. The molecule has 2 fully saturated rings. The number of ether oxygens (including phenoxy) is 2. The van der Waals surface area contributed by atoms with Crippen molar-refractivity contribution in [2.75, 3.05) is 44.8 Å². The lowest BCUT2D eigenvalue weighted by Crippen LogP contribution is -2.29. The Hall–Kier alpha value is -2.67. The quantitative estimate of drug-likeness (QED) is 0.473. The zero-order valence-corrected chi connectivity index (χ0v) is 21.1. The van der Waals surface area contributed by atoms with Gasteiger partial charge >= 0.3 is 0 Å². The molecule has 0 saturated carbocycles. The van der Waals surface area contributed by atoms with Crippen LogP contribution in [0.4, 0.5) is 5.69 Å².